The lowest BCUT2D eigenvalue weighted by atomic mass is 9.97. The van der Waals surface area contributed by atoms with Crippen molar-refractivity contribution in [2.75, 3.05) is 6.54 Å². The van der Waals surface area contributed by atoms with Crippen molar-refractivity contribution in [3.8, 4) is 0 Å². The number of hydrogen-bond acceptors (Lipinski definition) is 3. The fourth-order valence-corrected chi connectivity index (χ4v) is 3.67. The van der Waals surface area contributed by atoms with Gasteiger partial charge in [0.1, 0.15) is 0 Å². The average molecular weight is 276 g/mol. The van der Waals surface area contributed by atoms with E-state index in [0.717, 1.165) is 25.8 Å². The van der Waals surface area contributed by atoms with Gasteiger partial charge in [-0.05, 0) is 32.1 Å². The van der Waals surface area contributed by atoms with Gasteiger partial charge in [0.2, 0.25) is 0 Å². The number of rotatable bonds is 4. The minimum Gasteiger partial charge on any atom is -0.335 e. The molecule has 0 aromatic carbocycles. The molecular weight excluding hydrogens is 252 g/mol. The number of carbonyl (C=O) groups excluding carboxylic acids is 1. The summed E-state index contributed by atoms with van der Waals surface area (Å²) in [6, 6.07) is 1.61. The van der Waals surface area contributed by atoms with E-state index in [0.29, 0.717) is 23.7 Å². The van der Waals surface area contributed by atoms with Crippen LogP contribution in [-0.4, -0.2) is 45.3 Å². The third kappa shape index (κ3) is 2.59. The molecule has 3 rings (SSSR count). The number of nitrogens with zero attached hydrogens (tertiary/aromatic N) is 3. The standard InChI is InChI=1S/C15H24N4O/c1-3-6-19(15(20)11-9-16-18(2)10-11)14-7-12-4-5-13(8-14)17-12/h9-10,12-14,17H,3-8H2,1-2H3. The Hall–Kier alpha value is -1.36. The Morgan fingerprint density at radius 3 is 2.70 bits per heavy atom. The Balaban J connectivity index is 1.76. The van der Waals surface area contributed by atoms with Crippen LogP contribution < -0.4 is 5.32 Å². The van der Waals surface area contributed by atoms with Crippen LogP contribution in [0.2, 0.25) is 0 Å². The molecule has 0 saturated carbocycles. The smallest absolute Gasteiger partial charge is 0.257 e. The van der Waals surface area contributed by atoms with Gasteiger partial charge in [0.25, 0.3) is 5.91 Å². The van der Waals surface area contributed by atoms with Gasteiger partial charge < -0.3 is 10.2 Å². The lowest BCUT2D eigenvalue weighted by Gasteiger charge is -2.37. The predicted molar refractivity (Wildman–Crippen MR) is 77.5 cm³/mol. The zero-order valence-electron chi connectivity index (χ0n) is 12.4. The number of aromatic nitrogens is 2. The van der Waals surface area contributed by atoms with Crippen LogP contribution >= 0.6 is 0 Å². The quantitative estimate of drug-likeness (QED) is 0.908. The van der Waals surface area contributed by atoms with E-state index in [1.165, 1.54) is 12.8 Å². The van der Waals surface area contributed by atoms with Crippen LogP contribution in [0.5, 0.6) is 0 Å². The first-order chi connectivity index (χ1) is 9.67. The zero-order valence-corrected chi connectivity index (χ0v) is 12.4. The summed E-state index contributed by atoms with van der Waals surface area (Å²) in [6.45, 7) is 2.98. The summed E-state index contributed by atoms with van der Waals surface area (Å²) in [5.41, 5.74) is 0.715. The highest BCUT2D eigenvalue weighted by Crippen LogP contribution is 2.30. The highest BCUT2D eigenvalue weighted by atomic mass is 16.2. The second-order valence-corrected chi connectivity index (χ2v) is 6.16. The summed E-state index contributed by atoms with van der Waals surface area (Å²) in [4.78, 5) is 14.8. The number of hydrogen-bond donors (Lipinski definition) is 1. The first kappa shape index (κ1) is 13.6. The van der Waals surface area contributed by atoms with Crippen molar-refractivity contribution >= 4 is 5.91 Å². The van der Waals surface area contributed by atoms with Crippen molar-refractivity contribution in [2.24, 2.45) is 7.05 Å². The van der Waals surface area contributed by atoms with Crippen molar-refractivity contribution in [1.82, 2.24) is 20.0 Å². The monoisotopic (exact) mass is 276 g/mol. The van der Waals surface area contributed by atoms with Crippen LogP contribution in [0.15, 0.2) is 12.4 Å². The normalized spacial score (nSPS) is 28.6. The Morgan fingerprint density at radius 1 is 1.45 bits per heavy atom. The van der Waals surface area contributed by atoms with E-state index in [4.69, 9.17) is 0 Å². The van der Waals surface area contributed by atoms with Gasteiger partial charge in [-0.1, -0.05) is 6.92 Å². The summed E-state index contributed by atoms with van der Waals surface area (Å²) in [6.07, 6.45) is 9.24. The molecule has 5 nitrogen and oxygen atoms in total. The first-order valence-electron chi connectivity index (χ1n) is 7.73. The highest BCUT2D eigenvalue weighted by Gasteiger charge is 2.37. The van der Waals surface area contributed by atoms with Gasteiger partial charge in [-0.3, -0.25) is 9.48 Å². The van der Waals surface area contributed by atoms with Gasteiger partial charge in [-0.15, -0.1) is 0 Å². The molecule has 0 radical (unpaired) electrons. The van der Waals surface area contributed by atoms with Crippen LogP contribution in [0.4, 0.5) is 0 Å². The molecule has 2 aliphatic rings. The number of aryl methyl sites for hydroxylation is 1. The maximum atomic E-state index is 12.7. The zero-order chi connectivity index (χ0) is 14.1. The van der Waals surface area contributed by atoms with Gasteiger partial charge in [0.15, 0.2) is 0 Å². The molecule has 1 N–H and O–H groups in total. The molecular formula is C15H24N4O. The van der Waals surface area contributed by atoms with Gasteiger partial charge in [0.05, 0.1) is 11.8 Å². The number of fused-ring (bicyclic) bond motifs is 2. The second kappa shape index (κ2) is 5.56. The van der Waals surface area contributed by atoms with E-state index in [9.17, 15) is 4.79 Å². The average Bonchev–Trinajstić information content (AvgIpc) is 3.01. The molecule has 2 saturated heterocycles. The minimum atomic E-state index is 0.145. The van der Waals surface area contributed by atoms with Gasteiger partial charge in [0, 0.05) is 37.9 Å². The topological polar surface area (TPSA) is 50.2 Å². The second-order valence-electron chi connectivity index (χ2n) is 6.16. The van der Waals surface area contributed by atoms with E-state index in [-0.39, 0.29) is 5.91 Å². The molecule has 5 heteroatoms. The van der Waals surface area contributed by atoms with E-state index in [1.807, 2.05) is 13.2 Å². The lowest BCUT2D eigenvalue weighted by Crippen LogP contribution is -2.50. The van der Waals surface area contributed by atoms with E-state index >= 15 is 0 Å². The molecule has 3 heterocycles. The summed E-state index contributed by atoms with van der Waals surface area (Å²) < 4.78 is 1.70. The summed E-state index contributed by atoms with van der Waals surface area (Å²) in [7, 11) is 1.85. The molecule has 2 unspecified atom stereocenters. The summed E-state index contributed by atoms with van der Waals surface area (Å²) in [5.74, 6) is 0.145. The van der Waals surface area contributed by atoms with E-state index in [2.05, 4.69) is 22.2 Å². The Labute approximate surface area is 120 Å². The fraction of sp³-hybridized carbons (Fsp3) is 0.733. The molecule has 2 atom stereocenters. The summed E-state index contributed by atoms with van der Waals surface area (Å²) >= 11 is 0. The number of amides is 1. The van der Waals surface area contributed by atoms with E-state index < -0.39 is 0 Å². The largest absolute Gasteiger partial charge is 0.335 e. The predicted octanol–water partition coefficient (Wildman–Crippen LogP) is 1.56. The van der Waals surface area contributed by atoms with Gasteiger partial charge in [-0.25, -0.2) is 0 Å². The third-order valence-electron chi connectivity index (χ3n) is 4.57. The molecule has 2 aliphatic heterocycles. The maximum absolute atomic E-state index is 12.7. The maximum Gasteiger partial charge on any atom is 0.257 e. The van der Waals surface area contributed by atoms with Crippen molar-refractivity contribution in [1.29, 1.82) is 0 Å². The third-order valence-corrected chi connectivity index (χ3v) is 4.57. The van der Waals surface area contributed by atoms with Crippen LogP contribution in [-0.2, 0) is 7.05 Å². The molecule has 2 fully saturated rings. The van der Waals surface area contributed by atoms with Crippen LogP contribution in [0.1, 0.15) is 49.4 Å². The SMILES string of the molecule is CCCN(C(=O)c1cnn(C)c1)C1CC2CCC(C1)N2. The molecule has 1 aromatic rings. The Kier molecular flexibility index (Phi) is 3.78. The fourth-order valence-electron chi connectivity index (χ4n) is 3.67. The minimum absolute atomic E-state index is 0.145. The summed E-state index contributed by atoms with van der Waals surface area (Å²) in [5, 5.41) is 7.77. The van der Waals surface area contributed by atoms with Crippen LogP contribution in [0.25, 0.3) is 0 Å². The molecule has 110 valence electrons. The number of carbonyl (C=O) groups is 1. The Bertz CT molecular complexity index is 472. The highest BCUT2D eigenvalue weighted by molar-refractivity contribution is 5.94. The van der Waals surface area contributed by atoms with E-state index in [1.54, 1.807) is 10.9 Å². The molecule has 1 aromatic heterocycles. The van der Waals surface area contributed by atoms with Crippen molar-refractivity contribution in [3.63, 3.8) is 0 Å². The molecule has 20 heavy (non-hydrogen) atoms. The van der Waals surface area contributed by atoms with Crippen LogP contribution in [0.3, 0.4) is 0 Å². The van der Waals surface area contributed by atoms with Crippen molar-refractivity contribution in [2.45, 2.75) is 57.2 Å². The number of nitrogens with one attached hydrogen (secondary N) is 1. The first-order valence-corrected chi connectivity index (χ1v) is 7.73. The van der Waals surface area contributed by atoms with Crippen LogP contribution in [0, 0.1) is 0 Å². The van der Waals surface area contributed by atoms with Gasteiger partial charge >= 0.3 is 0 Å². The van der Waals surface area contributed by atoms with Crippen molar-refractivity contribution in [3.05, 3.63) is 18.0 Å². The van der Waals surface area contributed by atoms with Crippen molar-refractivity contribution < 1.29 is 4.79 Å². The number of piperidine rings is 1. The van der Waals surface area contributed by atoms with Gasteiger partial charge in [-0.2, -0.15) is 5.10 Å². The molecule has 2 bridgehead atoms. The lowest BCUT2D eigenvalue weighted by molar-refractivity contribution is 0.0616. The molecule has 0 spiro atoms. The Morgan fingerprint density at radius 2 is 2.15 bits per heavy atom. The molecule has 0 aliphatic carbocycles. The molecule has 1 amide bonds.